The van der Waals surface area contributed by atoms with Crippen molar-refractivity contribution in [3.8, 4) is 0 Å². The van der Waals surface area contributed by atoms with Crippen molar-refractivity contribution < 1.29 is 18.9 Å². The van der Waals surface area contributed by atoms with Crippen molar-refractivity contribution in [1.29, 1.82) is 0 Å². The highest BCUT2D eigenvalue weighted by molar-refractivity contribution is 5.70. The van der Waals surface area contributed by atoms with E-state index in [4.69, 9.17) is 24.7 Å². The highest BCUT2D eigenvalue weighted by atomic mass is 16.8. The van der Waals surface area contributed by atoms with Gasteiger partial charge in [-0.2, -0.15) is 4.98 Å². The van der Waals surface area contributed by atoms with E-state index in [1.165, 1.54) is 6.33 Å². The Morgan fingerprint density at radius 2 is 2.33 bits per heavy atom. The standard InChI is InChI=1S/C14H17N5O5/c1-21-4-13-3-14(22-2)8(13)7(23-14)11(24-13)19-5-16-6-9(19)17-12(15)18-10(6)20/h5,7-8,11H,3-4H2,1-2H3,(H3,15,17,18,20)/t7?,8?,11-,13-,14?/m1/s1. The number of aromatic nitrogens is 4. The SMILES string of the molecule is COC[C@]12CC3(OC)OC(C31)[C@H](n1cnc3c(=O)[nH]c(N)nc31)O2. The van der Waals surface area contributed by atoms with E-state index in [9.17, 15) is 4.79 Å². The van der Waals surface area contributed by atoms with Crippen LogP contribution in [0, 0.1) is 5.92 Å². The molecular formula is C14H17N5O5. The van der Waals surface area contributed by atoms with Crippen molar-refractivity contribution >= 4 is 17.1 Å². The first kappa shape index (κ1) is 14.3. The third kappa shape index (κ3) is 1.47. The summed E-state index contributed by atoms with van der Waals surface area (Å²) < 4.78 is 24.9. The molecule has 3 aliphatic rings. The number of H-pyrrole nitrogens is 1. The number of imidazole rings is 1. The summed E-state index contributed by atoms with van der Waals surface area (Å²) in [5, 5.41) is 0. The fourth-order valence-corrected chi connectivity index (χ4v) is 4.45. The number of nitrogens with one attached hydrogen (secondary N) is 1. The molecule has 24 heavy (non-hydrogen) atoms. The van der Waals surface area contributed by atoms with Crippen molar-refractivity contribution in [2.24, 2.45) is 5.92 Å². The Balaban J connectivity index is 1.59. The first-order chi connectivity index (χ1) is 11.5. The van der Waals surface area contributed by atoms with Gasteiger partial charge in [-0.15, -0.1) is 0 Å². The predicted octanol–water partition coefficient (Wildman–Crippen LogP) is -0.623. The van der Waals surface area contributed by atoms with Crippen LogP contribution >= 0.6 is 0 Å². The Labute approximate surface area is 135 Å². The lowest BCUT2D eigenvalue weighted by molar-refractivity contribution is -0.441. The van der Waals surface area contributed by atoms with Gasteiger partial charge in [0.1, 0.15) is 11.7 Å². The quantitative estimate of drug-likeness (QED) is 0.757. The summed E-state index contributed by atoms with van der Waals surface area (Å²) in [5.74, 6) is -0.502. The normalized spacial score (nSPS) is 39.5. The number of anilines is 1. The van der Waals surface area contributed by atoms with E-state index in [2.05, 4.69) is 15.0 Å². The van der Waals surface area contributed by atoms with Gasteiger partial charge in [-0.3, -0.25) is 14.3 Å². The third-order valence-corrected chi connectivity index (χ3v) is 5.35. The molecule has 0 radical (unpaired) electrons. The Bertz CT molecular complexity index is 895. The van der Waals surface area contributed by atoms with Crippen LogP contribution in [-0.4, -0.2) is 57.8 Å². The van der Waals surface area contributed by atoms with Crippen LogP contribution in [0.5, 0.6) is 0 Å². The Kier molecular flexibility index (Phi) is 2.59. The average Bonchev–Trinajstić information content (AvgIpc) is 2.95. The van der Waals surface area contributed by atoms with Gasteiger partial charge in [0, 0.05) is 20.6 Å². The average molecular weight is 335 g/mol. The highest BCUT2D eigenvalue weighted by Gasteiger charge is 2.82. The lowest BCUT2D eigenvalue weighted by Crippen LogP contribution is -2.78. The molecule has 0 aromatic carbocycles. The molecule has 3 unspecified atom stereocenters. The molecule has 1 saturated carbocycles. The van der Waals surface area contributed by atoms with Crippen LogP contribution in [0.2, 0.25) is 0 Å². The third-order valence-electron chi connectivity index (χ3n) is 5.35. The van der Waals surface area contributed by atoms with Gasteiger partial charge in [0.05, 0.1) is 18.9 Å². The van der Waals surface area contributed by atoms with Crippen molar-refractivity contribution in [2.45, 2.75) is 30.1 Å². The molecule has 2 aromatic rings. The molecule has 3 N–H and O–H groups in total. The zero-order valence-electron chi connectivity index (χ0n) is 13.2. The summed E-state index contributed by atoms with van der Waals surface area (Å²) in [5.41, 5.74) is 5.40. The summed E-state index contributed by atoms with van der Waals surface area (Å²) in [4.78, 5) is 22.7. The van der Waals surface area contributed by atoms with Crippen molar-refractivity contribution in [3.63, 3.8) is 0 Å². The molecule has 2 aromatic heterocycles. The fourth-order valence-electron chi connectivity index (χ4n) is 4.45. The molecule has 10 heteroatoms. The minimum absolute atomic E-state index is 0.0302. The number of hydrogen-bond donors (Lipinski definition) is 2. The maximum atomic E-state index is 12.0. The van der Waals surface area contributed by atoms with Crippen LogP contribution in [0.15, 0.2) is 11.1 Å². The van der Waals surface area contributed by atoms with E-state index >= 15 is 0 Å². The largest absolute Gasteiger partial charge is 0.382 e. The molecule has 2 saturated heterocycles. The molecule has 5 rings (SSSR count). The number of methoxy groups -OCH3 is 2. The number of ether oxygens (including phenoxy) is 4. The number of aromatic amines is 1. The number of nitrogens with zero attached hydrogens (tertiary/aromatic N) is 3. The van der Waals surface area contributed by atoms with E-state index < -0.39 is 17.6 Å². The fraction of sp³-hybridized carbons (Fsp3) is 0.643. The number of nitrogens with two attached hydrogens (primary N) is 1. The van der Waals surface area contributed by atoms with Crippen LogP contribution in [0.4, 0.5) is 5.95 Å². The minimum atomic E-state index is -0.599. The van der Waals surface area contributed by atoms with Gasteiger partial charge in [-0.05, 0) is 0 Å². The second-order valence-electron chi connectivity index (χ2n) is 6.53. The molecule has 0 bridgehead atoms. The Morgan fingerprint density at radius 1 is 1.50 bits per heavy atom. The van der Waals surface area contributed by atoms with Gasteiger partial charge < -0.3 is 24.7 Å². The minimum Gasteiger partial charge on any atom is -0.382 e. The molecule has 2 aliphatic heterocycles. The van der Waals surface area contributed by atoms with E-state index in [1.807, 2.05) is 0 Å². The monoisotopic (exact) mass is 335 g/mol. The Morgan fingerprint density at radius 3 is 3.08 bits per heavy atom. The predicted molar refractivity (Wildman–Crippen MR) is 80.0 cm³/mol. The lowest BCUT2D eigenvalue weighted by atomic mass is 9.59. The molecule has 5 atom stereocenters. The maximum absolute atomic E-state index is 12.0. The van der Waals surface area contributed by atoms with Crippen LogP contribution in [0.3, 0.4) is 0 Å². The smallest absolute Gasteiger partial charge is 0.280 e. The van der Waals surface area contributed by atoms with E-state index in [1.54, 1.807) is 18.8 Å². The van der Waals surface area contributed by atoms with E-state index in [0.29, 0.717) is 18.7 Å². The zero-order chi connectivity index (χ0) is 16.7. The van der Waals surface area contributed by atoms with Gasteiger partial charge in [-0.1, -0.05) is 0 Å². The van der Waals surface area contributed by atoms with Crippen LogP contribution in [-0.2, 0) is 18.9 Å². The number of nitrogen functional groups attached to an aromatic ring is 1. The second kappa shape index (κ2) is 4.33. The summed E-state index contributed by atoms with van der Waals surface area (Å²) in [6.07, 6.45) is 1.45. The van der Waals surface area contributed by atoms with Crippen molar-refractivity contribution in [3.05, 3.63) is 16.7 Å². The van der Waals surface area contributed by atoms with Gasteiger partial charge >= 0.3 is 0 Å². The summed E-state index contributed by atoms with van der Waals surface area (Å²) in [6, 6.07) is 0. The summed E-state index contributed by atoms with van der Waals surface area (Å²) in [7, 11) is 3.27. The second-order valence-corrected chi connectivity index (χ2v) is 6.53. The molecular weight excluding hydrogens is 318 g/mol. The van der Waals surface area contributed by atoms with Crippen molar-refractivity contribution in [2.75, 3.05) is 26.6 Å². The lowest BCUT2D eigenvalue weighted by Gasteiger charge is -2.64. The van der Waals surface area contributed by atoms with Crippen LogP contribution < -0.4 is 11.3 Å². The molecule has 4 heterocycles. The summed E-state index contributed by atoms with van der Waals surface area (Å²) >= 11 is 0. The van der Waals surface area contributed by atoms with E-state index in [-0.39, 0.29) is 29.0 Å². The number of fused-ring (bicyclic) bond motifs is 1. The van der Waals surface area contributed by atoms with E-state index in [0.717, 1.165) is 0 Å². The van der Waals surface area contributed by atoms with Crippen molar-refractivity contribution in [1.82, 2.24) is 19.5 Å². The van der Waals surface area contributed by atoms with Gasteiger partial charge in [0.15, 0.2) is 23.2 Å². The highest BCUT2D eigenvalue weighted by Crippen LogP contribution is 2.69. The van der Waals surface area contributed by atoms with Gasteiger partial charge in [0.2, 0.25) is 5.95 Å². The molecule has 3 fully saturated rings. The number of rotatable bonds is 4. The summed E-state index contributed by atoms with van der Waals surface area (Å²) in [6.45, 7) is 0.446. The Hall–Kier alpha value is -2.01. The molecule has 128 valence electrons. The first-order valence-electron chi connectivity index (χ1n) is 7.66. The molecule has 1 aliphatic carbocycles. The molecule has 0 amide bonds. The zero-order valence-corrected chi connectivity index (χ0v) is 13.2. The topological polar surface area (TPSA) is 127 Å². The first-order valence-corrected chi connectivity index (χ1v) is 7.66. The van der Waals surface area contributed by atoms with Crippen LogP contribution in [0.1, 0.15) is 12.6 Å². The van der Waals surface area contributed by atoms with Gasteiger partial charge in [0.25, 0.3) is 5.56 Å². The molecule has 0 spiro atoms. The molecule has 10 nitrogen and oxygen atoms in total. The number of hydrogen-bond acceptors (Lipinski definition) is 8. The van der Waals surface area contributed by atoms with Crippen LogP contribution in [0.25, 0.3) is 11.2 Å². The van der Waals surface area contributed by atoms with Gasteiger partial charge in [-0.25, -0.2) is 4.98 Å². The maximum Gasteiger partial charge on any atom is 0.280 e.